The van der Waals surface area contributed by atoms with Gasteiger partial charge in [-0.05, 0) is 25.5 Å². The predicted molar refractivity (Wildman–Crippen MR) is 77.8 cm³/mol. The number of aliphatic carboxylic acids is 1. The van der Waals surface area contributed by atoms with Crippen LogP contribution in [0.3, 0.4) is 0 Å². The van der Waals surface area contributed by atoms with Gasteiger partial charge >= 0.3 is 5.97 Å². The molecule has 1 aromatic rings. The van der Waals surface area contributed by atoms with Crippen molar-refractivity contribution < 1.29 is 9.90 Å². The minimum absolute atomic E-state index is 0.168. The van der Waals surface area contributed by atoms with Gasteiger partial charge in [0.2, 0.25) is 0 Å². The highest BCUT2D eigenvalue weighted by molar-refractivity contribution is 7.12. The highest BCUT2D eigenvalue weighted by Crippen LogP contribution is 2.28. The molecule has 1 N–H and O–H groups in total. The number of hydrogen-bond acceptors (Lipinski definition) is 4. The van der Waals surface area contributed by atoms with E-state index in [0.717, 1.165) is 32.6 Å². The van der Waals surface area contributed by atoms with Gasteiger partial charge in [-0.25, -0.2) is 0 Å². The van der Waals surface area contributed by atoms with Crippen LogP contribution in [0, 0.1) is 0 Å². The van der Waals surface area contributed by atoms with Crippen LogP contribution in [0.5, 0.6) is 0 Å². The molecular formula is C14H22N2O2S. The van der Waals surface area contributed by atoms with E-state index in [4.69, 9.17) is 5.11 Å². The van der Waals surface area contributed by atoms with E-state index in [1.54, 1.807) is 0 Å². The monoisotopic (exact) mass is 282 g/mol. The van der Waals surface area contributed by atoms with Crippen molar-refractivity contribution in [1.29, 1.82) is 0 Å². The maximum Gasteiger partial charge on any atom is 0.317 e. The van der Waals surface area contributed by atoms with Crippen molar-refractivity contribution in [3.05, 3.63) is 21.9 Å². The largest absolute Gasteiger partial charge is 0.480 e. The van der Waals surface area contributed by atoms with Crippen LogP contribution in [0.15, 0.2) is 12.1 Å². The zero-order valence-corrected chi connectivity index (χ0v) is 12.4. The molecule has 0 aromatic carbocycles. The third-order valence-corrected chi connectivity index (χ3v) is 5.16. The Morgan fingerprint density at radius 1 is 1.37 bits per heavy atom. The van der Waals surface area contributed by atoms with Gasteiger partial charge in [0.15, 0.2) is 0 Å². The molecule has 2 rings (SSSR count). The standard InChI is InChI=1S/C14H22N2O2S/c1-3-12-4-5-13(19-12)11(2)16-8-6-15(7-9-16)10-14(17)18/h4-5,11H,3,6-10H2,1-2H3,(H,17,18). The van der Waals surface area contributed by atoms with E-state index in [-0.39, 0.29) is 6.54 Å². The van der Waals surface area contributed by atoms with Crippen molar-refractivity contribution in [2.24, 2.45) is 0 Å². The van der Waals surface area contributed by atoms with Gasteiger partial charge in [0.05, 0.1) is 6.54 Å². The Balaban J connectivity index is 1.88. The molecule has 1 aromatic heterocycles. The molecule has 106 valence electrons. The molecule has 5 heteroatoms. The number of carboxylic acids is 1. The first-order chi connectivity index (χ1) is 9.10. The van der Waals surface area contributed by atoms with E-state index in [2.05, 4.69) is 30.9 Å². The summed E-state index contributed by atoms with van der Waals surface area (Å²) < 4.78 is 0. The average molecular weight is 282 g/mol. The van der Waals surface area contributed by atoms with Crippen molar-refractivity contribution in [3.63, 3.8) is 0 Å². The molecule has 1 unspecified atom stereocenters. The van der Waals surface area contributed by atoms with E-state index >= 15 is 0 Å². The molecule has 0 spiro atoms. The molecule has 1 aliphatic rings. The lowest BCUT2D eigenvalue weighted by atomic mass is 10.2. The van der Waals surface area contributed by atoms with E-state index in [9.17, 15) is 4.79 Å². The number of carboxylic acid groups (broad SMARTS) is 1. The topological polar surface area (TPSA) is 43.8 Å². The van der Waals surface area contributed by atoms with Gasteiger partial charge in [-0.1, -0.05) is 6.92 Å². The Kier molecular flexibility index (Phi) is 4.96. The van der Waals surface area contributed by atoms with E-state index in [0.29, 0.717) is 6.04 Å². The lowest BCUT2D eigenvalue weighted by Gasteiger charge is -2.37. The second-order valence-corrected chi connectivity index (χ2v) is 6.24. The van der Waals surface area contributed by atoms with Crippen molar-refractivity contribution in [1.82, 2.24) is 9.80 Å². The van der Waals surface area contributed by atoms with Crippen LogP contribution in [0.4, 0.5) is 0 Å². The van der Waals surface area contributed by atoms with Crippen LogP contribution < -0.4 is 0 Å². The zero-order valence-electron chi connectivity index (χ0n) is 11.6. The molecular weight excluding hydrogens is 260 g/mol. The molecule has 0 bridgehead atoms. The minimum Gasteiger partial charge on any atom is -0.480 e. The molecule has 0 saturated carbocycles. The van der Waals surface area contributed by atoms with Crippen LogP contribution in [0.1, 0.15) is 29.6 Å². The van der Waals surface area contributed by atoms with Crippen LogP contribution in [-0.4, -0.2) is 53.6 Å². The first-order valence-corrected chi connectivity index (χ1v) is 7.68. The Labute approximate surface area is 118 Å². The molecule has 1 fully saturated rings. The predicted octanol–water partition coefficient (Wildman–Crippen LogP) is 2.07. The Morgan fingerprint density at radius 2 is 2.05 bits per heavy atom. The first kappa shape index (κ1) is 14.5. The van der Waals surface area contributed by atoms with Crippen molar-refractivity contribution in [2.45, 2.75) is 26.3 Å². The Morgan fingerprint density at radius 3 is 2.58 bits per heavy atom. The first-order valence-electron chi connectivity index (χ1n) is 6.87. The summed E-state index contributed by atoms with van der Waals surface area (Å²) >= 11 is 1.90. The van der Waals surface area contributed by atoms with E-state index in [1.807, 2.05) is 16.2 Å². The normalized spacial score (nSPS) is 19.5. The molecule has 1 saturated heterocycles. The van der Waals surface area contributed by atoms with Crippen molar-refractivity contribution in [3.8, 4) is 0 Å². The number of thiophene rings is 1. The molecule has 2 heterocycles. The zero-order chi connectivity index (χ0) is 13.8. The molecule has 19 heavy (non-hydrogen) atoms. The average Bonchev–Trinajstić information content (AvgIpc) is 2.87. The summed E-state index contributed by atoms with van der Waals surface area (Å²) in [4.78, 5) is 18.0. The highest BCUT2D eigenvalue weighted by Gasteiger charge is 2.23. The summed E-state index contributed by atoms with van der Waals surface area (Å²) in [5.74, 6) is -0.729. The Bertz CT molecular complexity index is 425. The fraction of sp³-hybridized carbons (Fsp3) is 0.643. The highest BCUT2D eigenvalue weighted by atomic mass is 32.1. The number of nitrogens with zero attached hydrogens (tertiary/aromatic N) is 2. The summed E-state index contributed by atoms with van der Waals surface area (Å²) in [6.45, 7) is 8.21. The lowest BCUT2D eigenvalue weighted by molar-refractivity contribution is -0.138. The van der Waals surface area contributed by atoms with Gasteiger partial charge in [0, 0.05) is 42.0 Å². The second kappa shape index (κ2) is 6.50. The van der Waals surface area contributed by atoms with Crippen LogP contribution in [0.25, 0.3) is 0 Å². The number of rotatable bonds is 5. The second-order valence-electron chi connectivity index (χ2n) is 5.04. The molecule has 0 amide bonds. The van der Waals surface area contributed by atoms with Crippen LogP contribution in [-0.2, 0) is 11.2 Å². The maximum atomic E-state index is 10.7. The molecule has 4 nitrogen and oxygen atoms in total. The summed E-state index contributed by atoms with van der Waals surface area (Å²) in [5.41, 5.74) is 0. The van der Waals surface area contributed by atoms with Crippen LogP contribution >= 0.6 is 11.3 Å². The summed E-state index contributed by atoms with van der Waals surface area (Å²) in [6.07, 6.45) is 1.10. The Hall–Kier alpha value is -0.910. The number of aryl methyl sites for hydroxylation is 1. The molecule has 0 radical (unpaired) electrons. The van der Waals surface area contributed by atoms with E-state index in [1.165, 1.54) is 9.75 Å². The summed E-state index contributed by atoms with van der Waals surface area (Å²) in [5, 5.41) is 8.80. The molecule has 1 aliphatic heterocycles. The van der Waals surface area contributed by atoms with Crippen LogP contribution in [0.2, 0.25) is 0 Å². The summed E-state index contributed by atoms with van der Waals surface area (Å²) in [6, 6.07) is 4.90. The summed E-state index contributed by atoms with van der Waals surface area (Å²) in [7, 11) is 0. The number of piperazine rings is 1. The number of hydrogen-bond donors (Lipinski definition) is 1. The van der Waals surface area contributed by atoms with Gasteiger partial charge in [0.25, 0.3) is 0 Å². The molecule has 0 aliphatic carbocycles. The fourth-order valence-electron chi connectivity index (χ4n) is 2.49. The quantitative estimate of drug-likeness (QED) is 0.898. The van der Waals surface area contributed by atoms with E-state index < -0.39 is 5.97 Å². The van der Waals surface area contributed by atoms with Gasteiger partial charge in [-0.2, -0.15) is 0 Å². The third kappa shape index (κ3) is 3.78. The van der Waals surface area contributed by atoms with Gasteiger partial charge in [-0.3, -0.25) is 14.6 Å². The van der Waals surface area contributed by atoms with Gasteiger partial charge < -0.3 is 5.11 Å². The third-order valence-electron chi connectivity index (χ3n) is 3.76. The number of carbonyl (C=O) groups is 1. The fourth-order valence-corrected chi connectivity index (χ4v) is 3.53. The smallest absolute Gasteiger partial charge is 0.317 e. The SMILES string of the molecule is CCc1ccc(C(C)N2CCN(CC(=O)O)CC2)s1. The van der Waals surface area contributed by atoms with Gasteiger partial charge in [-0.15, -0.1) is 11.3 Å². The van der Waals surface area contributed by atoms with Crippen molar-refractivity contribution >= 4 is 17.3 Å². The molecule has 1 atom stereocenters. The minimum atomic E-state index is -0.729. The lowest BCUT2D eigenvalue weighted by Crippen LogP contribution is -2.48. The maximum absolute atomic E-state index is 10.7. The van der Waals surface area contributed by atoms with Gasteiger partial charge in [0.1, 0.15) is 0 Å². The van der Waals surface area contributed by atoms with Crippen molar-refractivity contribution in [2.75, 3.05) is 32.7 Å².